The molecule has 0 amide bonds. The lowest BCUT2D eigenvalue weighted by atomic mass is 9.92. The second-order valence-electron chi connectivity index (χ2n) is 6.78. The van der Waals surface area contributed by atoms with Crippen molar-refractivity contribution in [1.29, 1.82) is 0 Å². The minimum absolute atomic E-state index is 0.0874. The third kappa shape index (κ3) is 5.80. The predicted octanol–water partition coefficient (Wildman–Crippen LogP) is 4.96. The molecule has 21 heavy (non-hydrogen) atoms. The van der Waals surface area contributed by atoms with E-state index in [1.165, 1.54) is 5.56 Å². The number of benzene rings is 1. The molecule has 0 spiro atoms. The molecule has 0 saturated heterocycles. The molecule has 2 nitrogen and oxygen atoms in total. The van der Waals surface area contributed by atoms with Crippen LogP contribution in [0.15, 0.2) is 30.3 Å². The van der Waals surface area contributed by atoms with Crippen LogP contribution in [-0.2, 0) is 4.74 Å². The van der Waals surface area contributed by atoms with E-state index in [0.29, 0.717) is 5.92 Å². The van der Waals surface area contributed by atoms with Crippen molar-refractivity contribution in [3.8, 4) is 0 Å². The van der Waals surface area contributed by atoms with Crippen molar-refractivity contribution in [3.63, 3.8) is 0 Å². The smallest absolute Gasteiger partial charge is 0.0799 e. The van der Waals surface area contributed by atoms with Crippen LogP contribution in [0.2, 0.25) is 0 Å². The first kappa shape index (κ1) is 18.2. The Balaban J connectivity index is 3.01. The van der Waals surface area contributed by atoms with Crippen LogP contribution in [-0.4, -0.2) is 18.2 Å². The minimum Gasteiger partial charge on any atom is -0.370 e. The summed E-state index contributed by atoms with van der Waals surface area (Å²) in [5, 5.41) is 3.69. The molecule has 0 aliphatic heterocycles. The third-order valence-electron chi connectivity index (χ3n) is 4.07. The van der Waals surface area contributed by atoms with Gasteiger partial charge in [-0.15, -0.1) is 0 Å². The highest BCUT2D eigenvalue weighted by Gasteiger charge is 2.31. The van der Waals surface area contributed by atoms with E-state index in [1.807, 2.05) is 0 Å². The predicted molar refractivity (Wildman–Crippen MR) is 91.6 cm³/mol. The fourth-order valence-electron chi connectivity index (χ4n) is 2.42. The minimum atomic E-state index is -0.0874. The fraction of sp³-hybridized carbons (Fsp3) is 0.684. The van der Waals surface area contributed by atoms with Gasteiger partial charge in [0, 0.05) is 0 Å². The summed E-state index contributed by atoms with van der Waals surface area (Å²) >= 11 is 0. The molecular weight excluding hydrogens is 258 g/mol. The second-order valence-corrected chi connectivity index (χ2v) is 6.78. The molecule has 2 heteroatoms. The van der Waals surface area contributed by atoms with Gasteiger partial charge in [-0.3, -0.25) is 0 Å². The van der Waals surface area contributed by atoms with Gasteiger partial charge in [-0.05, 0) is 44.7 Å². The summed E-state index contributed by atoms with van der Waals surface area (Å²) in [6, 6.07) is 10.9. The molecule has 1 aromatic carbocycles. The van der Waals surface area contributed by atoms with Gasteiger partial charge in [0.15, 0.2) is 0 Å². The van der Waals surface area contributed by atoms with E-state index in [2.05, 4.69) is 77.2 Å². The Labute approximate surface area is 131 Å². The molecule has 0 heterocycles. The third-order valence-corrected chi connectivity index (χ3v) is 4.07. The number of hydrogen-bond acceptors (Lipinski definition) is 2. The number of hydrogen-bond donors (Lipinski definition) is 1. The lowest BCUT2D eigenvalue weighted by Crippen LogP contribution is -2.42. The average Bonchev–Trinajstić information content (AvgIpc) is 2.47. The Kier molecular flexibility index (Phi) is 7.41. The van der Waals surface area contributed by atoms with Crippen LogP contribution in [0.3, 0.4) is 0 Å². The molecule has 2 unspecified atom stereocenters. The van der Waals surface area contributed by atoms with Crippen LogP contribution >= 0.6 is 0 Å². The van der Waals surface area contributed by atoms with E-state index < -0.39 is 0 Å². The number of nitrogens with one attached hydrogen (secondary N) is 1. The molecule has 0 aliphatic carbocycles. The molecule has 0 fully saturated rings. The van der Waals surface area contributed by atoms with Gasteiger partial charge in [0.2, 0.25) is 0 Å². The van der Waals surface area contributed by atoms with Crippen molar-refractivity contribution < 1.29 is 4.74 Å². The highest BCUT2D eigenvalue weighted by atomic mass is 16.5. The molecule has 0 aromatic heterocycles. The van der Waals surface area contributed by atoms with E-state index in [-0.39, 0.29) is 17.7 Å². The number of rotatable bonds is 9. The Morgan fingerprint density at radius 3 is 2.19 bits per heavy atom. The maximum atomic E-state index is 6.50. The van der Waals surface area contributed by atoms with Gasteiger partial charge < -0.3 is 10.1 Å². The Hall–Kier alpha value is -0.860. The normalized spacial score (nSPS) is 15.2. The largest absolute Gasteiger partial charge is 0.370 e. The summed E-state index contributed by atoms with van der Waals surface area (Å²) in [7, 11) is 0. The molecule has 0 saturated carbocycles. The van der Waals surface area contributed by atoms with Crippen LogP contribution < -0.4 is 5.32 Å². The van der Waals surface area contributed by atoms with E-state index in [9.17, 15) is 0 Å². The van der Waals surface area contributed by atoms with Crippen LogP contribution in [0.1, 0.15) is 66.0 Å². The van der Waals surface area contributed by atoms with Crippen molar-refractivity contribution >= 4 is 0 Å². The maximum Gasteiger partial charge on any atom is 0.0799 e. The van der Waals surface area contributed by atoms with Crippen molar-refractivity contribution in [3.05, 3.63) is 35.9 Å². The van der Waals surface area contributed by atoms with E-state index in [4.69, 9.17) is 4.74 Å². The molecule has 0 bridgehead atoms. The highest BCUT2D eigenvalue weighted by Crippen LogP contribution is 2.30. The van der Waals surface area contributed by atoms with Gasteiger partial charge in [-0.25, -0.2) is 0 Å². The van der Waals surface area contributed by atoms with Crippen molar-refractivity contribution in [2.24, 2.45) is 5.92 Å². The summed E-state index contributed by atoms with van der Waals surface area (Å²) in [5.41, 5.74) is 1.23. The van der Waals surface area contributed by atoms with Crippen molar-refractivity contribution in [1.82, 2.24) is 5.32 Å². The first-order valence-corrected chi connectivity index (χ1v) is 8.37. The van der Waals surface area contributed by atoms with Crippen LogP contribution in [0.4, 0.5) is 0 Å². The van der Waals surface area contributed by atoms with Gasteiger partial charge in [-0.2, -0.15) is 0 Å². The van der Waals surface area contributed by atoms with E-state index in [1.54, 1.807) is 0 Å². The topological polar surface area (TPSA) is 21.3 Å². The molecule has 0 radical (unpaired) electrons. The summed E-state index contributed by atoms with van der Waals surface area (Å²) in [5.74, 6) is 0.463. The SMILES string of the molecule is CCCNC(c1ccccc1)C(OC(C)(C)CC)C(C)C. The molecule has 0 aliphatic rings. The van der Waals surface area contributed by atoms with Crippen molar-refractivity contribution in [2.75, 3.05) is 6.54 Å². The number of ether oxygens (including phenoxy) is 1. The molecule has 2 atom stereocenters. The zero-order valence-corrected chi connectivity index (χ0v) is 14.6. The van der Waals surface area contributed by atoms with E-state index in [0.717, 1.165) is 19.4 Å². The summed E-state index contributed by atoms with van der Waals surface area (Å²) in [6.45, 7) is 14.3. The second kappa shape index (κ2) is 8.55. The Bertz CT molecular complexity index is 386. The van der Waals surface area contributed by atoms with Crippen LogP contribution in [0.25, 0.3) is 0 Å². The zero-order valence-electron chi connectivity index (χ0n) is 14.6. The molecule has 1 rings (SSSR count). The summed E-state index contributed by atoms with van der Waals surface area (Å²) < 4.78 is 6.50. The van der Waals surface area contributed by atoms with Crippen LogP contribution in [0, 0.1) is 5.92 Å². The summed E-state index contributed by atoms with van der Waals surface area (Å²) in [6.07, 6.45) is 2.32. The standard InChI is InChI=1S/C19H33NO/c1-7-14-20-17(16-12-10-9-11-13-16)18(15(3)4)21-19(5,6)8-2/h9-13,15,17-18,20H,7-8,14H2,1-6H3. The monoisotopic (exact) mass is 291 g/mol. The zero-order chi connectivity index (χ0) is 15.9. The van der Waals surface area contributed by atoms with E-state index >= 15 is 0 Å². The van der Waals surface area contributed by atoms with Gasteiger partial charge in [0.05, 0.1) is 17.7 Å². The van der Waals surface area contributed by atoms with Gasteiger partial charge in [0.25, 0.3) is 0 Å². The molecular formula is C19H33NO. The molecule has 1 aromatic rings. The first-order valence-electron chi connectivity index (χ1n) is 8.37. The fourth-order valence-corrected chi connectivity index (χ4v) is 2.42. The quantitative estimate of drug-likeness (QED) is 0.694. The highest BCUT2D eigenvalue weighted by molar-refractivity contribution is 5.20. The first-order chi connectivity index (χ1) is 9.91. The van der Waals surface area contributed by atoms with Gasteiger partial charge in [0.1, 0.15) is 0 Å². The van der Waals surface area contributed by atoms with Gasteiger partial charge in [-0.1, -0.05) is 58.0 Å². The lowest BCUT2D eigenvalue weighted by Gasteiger charge is -2.38. The maximum absolute atomic E-state index is 6.50. The average molecular weight is 291 g/mol. The molecule has 120 valence electrons. The van der Waals surface area contributed by atoms with Crippen molar-refractivity contribution in [2.45, 2.75) is 72.1 Å². The lowest BCUT2D eigenvalue weighted by molar-refractivity contribution is -0.107. The Morgan fingerprint density at radius 1 is 1.10 bits per heavy atom. The van der Waals surface area contributed by atoms with Crippen LogP contribution in [0.5, 0.6) is 0 Å². The summed E-state index contributed by atoms with van der Waals surface area (Å²) in [4.78, 5) is 0. The Morgan fingerprint density at radius 2 is 1.71 bits per heavy atom. The molecule has 1 N–H and O–H groups in total. The van der Waals surface area contributed by atoms with Gasteiger partial charge >= 0.3 is 0 Å².